The fourth-order valence-electron chi connectivity index (χ4n) is 1.03. The van der Waals surface area contributed by atoms with Crippen molar-refractivity contribution in [2.24, 2.45) is 5.84 Å². The number of hydrazine groups is 1. The summed E-state index contributed by atoms with van der Waals surface area (Å²) >= 11 is 0. The molecule has 0 aliphatic carbocycles. The summed E-state index contributed by atoms with van der Waals surface area (Å²) in [5.41, 5.74) is 0.770. The quantitative estimate of drug-likeness (QED) is 0.500. The maximum absolute atomic E-state index is 11.9. The zero-order valence-corrected chi connectivity index (χ0v) is 8.84. The number of halogens is 4. The molecule has 3 N–H and O–H groups in total. The largest absolute Gasteiger partial charge is 0.573 e. The number of nitrogens with one attached hydrogen (secondary N) is 1. The molecule has 0 atom stereocenters. The molecule has 96 valence electrons. The van der Waals surface area contributed by atoms with Crippen molar-refractivity contribution >= 4 is 23.8 Å². The lowest BCUT2D eigenvalue weighted by Gasteiger charge is -2.10. The molecule has 0 aliphatic rings. The molecule has 0 bridgehead atoms. The first kappa shape index (κ1) is 15.3. The molecule has 10 heteroatoms. The average Bonchev–Trinajstić information content (AvgIpc) is 2.14. The van der Waals surface area contributed by atoms with E-state index < -0.39 is 22.7 Å². The Balaban J connectivity index is 0.00000256. The molecule has 1 aromatic rings. The monoisotopic (exact) mass is 273 g/mol. The zero-order valence-electron chi connectivity index (χ0n) is 8.02. The molecule has 6 nitrogen and oxygen atoms in total. The number of hydrogen-bond donors (Lipinski definition) is 2. The van der Waals surface area contributed by atoms with Gasteiger partial charge in [0.05, 0.1) is 4.92 Å². The second kappa shape index (κ2) is 5.55. The normalized spacial score (nSPS) is 10.4. The number of nitrogens with two attached hydrogens (primary N) is 1. The Hall–Kier alpha value is -1.74. The lowest BCUT2D eigenvalue weighted by molar-refractivity contribution is -0.387. The van der Waals surface area contributed by atoms with E-state index in [1.165, 1.54) is 0 Å². The van der Waals surface area contributed by atoms with Crippen molar-refractivity contribution in [2.45, 2.75) is 6.36 Å². The number of rotatable bonds is 3. The second-order valence-electron chi connectivity index (χ2n) is 2.60. The maximum Gasteiger partial charge on any atom is 0.573 e. The van der Waals surface area contributed by atoms with E-state index in [9.17, 15) is 23.3 Å². The minimum atomic E-state index is -5.00. The van der Waals surface area contributed by atoms with E-state index in [-0.39, 0.29) is 18.1 Å². The van der Waals surface area contributed by atoms with Gasteiger partial charge in [0.1, 0.15) is 5.69 Å². The first-order valence-corrected chi connectivity index (χ1v) is 3.85. The molecule has 0 saturated heterocycles. The third kappa shape index (κ3) is 3.96. The van der Waals surface area contributed by atoms with Crippen LogP contribution in [0.2, 0.25) is 0 Å². The maximum atomic E-state index is 11.9. The van der Waals surface area contributed by atoms with Crippen LogP contribution in [0.4, 0.5) is 24.5 Å². The Labute approximate surface area is 99.1 Å². The lowest BCUT2D eigenvalue weighted by atomic mass is 10.2. The highest BCUT2D eigenvalue weighted by atomic mass is 35.5. The highest BCUT2D eigenvalue weighted by Crippen LogP contribution is 2.37. The number of nitrogens with zero attached hydrogens (tertiary/aromatic N) is 1. The number of para-hydroxylation sites is 1. The third-order valence-corrected chi connectivity index (χ3v) is 1.56. The van der Waals surface area contributed by atoms with Crippen LogP contribution in [0.1, 0.15) is 0 Å². The highest BCUT2D eigenvalue weighted by Gasteiger charge is 2.35. The minimum Gasteiger partial charge on any atom is -0.398 e. The van der Waals surface area contributed by atoms with Crippen LogP contribution in [-0.2, 0) is 0 Å². The van der Waals surface area contributed by atoms with Crippen LogP contribution in [0, 0.1) is 10.1 Å². The van der Waals surface area contributed by atoms with Gasteiger partial charge < -0.3 is 10.2 Å². The van der Waals surface area contributed by atoms with Crippen molar-refractivity contribution in [3.05, 3.63) is 28.3 Å². The van der Waals surface area contributed by atoms with Gasteiger partial charge >= 0.3 is 12.0 Å². The average molecular weight is 274 g/mol. The Kier molecular flexibility index (Phi) is 4.98. The fourth-order valence-corrected chi connectivity index (χ4v) is 1.03. The van der Waals surface area contributed by atoms with Gasteiger partial charge in [-0.15, -0.1) is 25.6 Å². The summed E-state index contributed by atoms with van der Waals surface area (Å²) in [7, 11) is 0. The molecule has 0 aliphatic heterocycles. The Morgan fingerprint density at radius 1 is 1.41 bits per heavy atom. The van der Waals surface area contributed by atoms with Gasteiger partial charge in [0, 0.05) is 0 Å². The number of nitrogen functional groups attached to an aromatic ring is 1. The van der Waals surface area contributed by atoms with Gasteiger partial charge in [-0.05, 0) is 12.1 Å². The van der Waals surface area contributed by atoms with Gasteiger partial charge in [0.25, 0.3) is 0 Å². The molecule has 1 rings (SSSR count). The van der Waals surface area contributed by atoms with E-state index >= 15 is 0 Å². The summed E-state index contributed by atoms with van der Waals surface area (Å²) in [6.45, 7) is 0. The molecule has 0 radical (unpaired) electrons. The number of nitro groups is 1. The van der Waals surface area contributed by atoms with Crippen LogP contribution >= 0.6 is 12.4 Å². The lowest BCUT2D eigenvalue weighted by Crippen LogP contribution is -2.18. The summed E-state index contributed by atoms with van der Waals surface area (Å²) in [4.78, 5) is 9.53. The number of benzene rings is 1. The molecule has 0 aromatic heterocycles. The standard InChI is InChI=1S/C7H6F3N3O3.ClH/c8-7(9,10)16-5-3-1-2-4(12-11)6(5)13(14)15;/h1-3,12H,11H2;1H. The topological polar surface area (TPSA) is 90.4 Å². The van der Waals surface area contributed by atoms with Crippen LogP contribution < -0.4 is 16.0 Å². The smallest absolute Gasteiger partial charge is 0.398 e. The fraction of sp³-hybridized carbons (Fsp3) is 0.143. The van der Waals surface area contributed by atoms with Gasteiger partial charge in [-0.1, -0.05) is 6.07 Å². The zero-order chi connectivity index (χ0) is 12.3. The summed E-state index contributed by atoms with van der Waals surface area (Å²) in [5.74, 6) is 4.01. The van der Waals surface area contributed by atoms with Crippen molar-refractivity contribution in [3.63, 3.8) is 0 Å². The van der Waals surface area contributed by atoms with E-state index in [2.05, 4.69) is 4.74 Å². The number of anilines is 1. The van der Waals surface area contributed by atoms with Crippen molar-refractivity contribution < 1.29 is 22.8 Å². The Morgan fingerprint density at radius 2 is 2.00 bits per heavy atom. The molecule has 0 unspecified atom stereocenters. The highest BCUT2D eigenvalue weighted by molar-refractivity contribution is 5.85. The number of ether oxygens (including phenoxy) is 1. The van der Waals surface area contributed by atoms with Crippen LogP contribution in [-0.4, -0.2) is 11.3 Å². The van der Waals surface area contributed by atoms with Gasteiger partial charge in [-0.3, -0.25) is 16.0 Å². The molecule has 0 heterocycles. The van der Waals surface area contributed by atoms with Crippen LogP contribution in [0.5, 0.6) is 5.75 Å². The first-order chi connectivity index (χ1) is 7.35. The SMILES string of the molecule is Cl.NNc1cccc(OC(F)(F)F)c1[N+](=O)[O-]. The van der Waals surface area contributed by atoms with Crippen LogP contribution in [0.25, 0.3) is 0 Å². The van der Waals surface area contributed by atoms with Gasteiger partial charge in [0.2, 0.25) is 5.75 Å². The van der Waals surface area contributed by atoms with E-state index in [0.717, 1.165) is 18.2 Å². The van der Waals surface area contributed by atoms with Gasteiger partial charge in [0.15, 0.2) is 0 Å². The summed E-state index contributed by atoms with van der Waals surface area (Å²) < 4.78 is 39.3. The molecule has 17 heavy (non-hydrogen) atoms. The summed E-state index contributed by atoms with van der Waals surface area (Å²) in [6.07, 6.45) is -5.00. The first-order valence-electron chi connectivity index (χ1n) is 3.85. The third-order valence-electron chi connectivity index (χ3n) is 1.56. The molecule has 1 aromatic carbocycles. The molecular formula is C7H7ClF3N3O3. The molecule has 0 spiro atoms. The Bertz CT molecular complexity index is 413. The van der Waals surface area contributed by atoms with E-state index in [0.29, 0.717) is 0 Å². The number of alkyl halides is 3. The summed E-state index contributed by atoms with van der Waals surface area (Å²) in [6, 6.07) is 3.12. The van der Waals surface area contributed by atoms with Crippen molar-refractivity contribution in [1.82, 2.24) is 0 Å². The predicted octanol–water partition coefficient (Wildman–Crippen LogP) is 2.20. The van der Waals surface area contributed by atoms with Crippen LogP contribution in [0.3, 0.4) is 0 Å². The van der Waals surface area contributed by atoms with E-state index in [1.54, 1.807) is 0 Å². The van der Waals surface area contributed by atoms with Crippen molar-refractivity contribution in [3.8, 4) is 5.75 Å². The predicted molar refractivity (Wildman–Crippen MR) is 54.8 cm³/mol. The number of hydrogen-bond acceptors (Lipinski definition) is 5. The second-order valence-corrected chi connectivity index (χ2v) is 2.60. The van der Waals surface area contributed by atoms with Gasteiger partial charge in [-0.2, -0.15) is 0 Å². The van der Waals surface area contributed by atoms with Crippen molar-refractivity contribution in [1.29, 1.82) is 0 Å². The number of nitro benzene ring substituents is 1. The van der Waals surface area contributed by atoms with E-state index in [4.69, 9.17) is 5.84 Å². The molecule has 0 saturated carbocycles. The van der Waals surface area contributed by atoms with E-state index in [1.807, 2.05) is 5.43 Å². The molecule has 0 amide bonds. The Morgan fingerprint density at radius 3 is 2.41 bits per heavy atom. The minimum absolute atomic E-state index is 0. The summed E-state index contributed by atoms with van der Waals surface area (Å²) in [5, 5.41) is 10.5. The molecular weight excluding hydrogens is 267 g/mol. The van der Waals surface area contributed by atoms with Crippen LogP contribution in [0.15, 0.2) is 18.2 Å². The molecule has 0 fully saturated rings. The van der Waals surface area contributed by atoms with Gasteiger partial charge in [-0.25, -0.2) is 0 Å². The van der Waals surface area contributed by atoms with Crippen molar-refractivity contribution in [2.75, 3.05) is 5.43 Å².